The average Bonchev–Trinajstić information content (AvgIpc) is 3.26. The zero-order valence-corrected chi connectivity index (χ0v) is 12.7. The van der Waals surface area contributed by atoms with Crippen molar-refractivity contribution in [2.45, 2.75) is 39.0 Å². The fourth-order valence-electron chi connectivity index (χ4n) is 2.04. The maximum Gasteiger partial charge on any atom is 0.252 e. The molecular formula is C15H22ClN3O. The van der Waals surface area contributed by atoms with Gasteiger partial charge in [-0.05, 0) is 31.2 Å². The van der Waals surface area contributed by atoms with Crippen LogP contribution in [0.15, 0.2) is 12.3 Å². The van der Waals surface area contributed by atoms with Gasteiger partial charge in [-0.1, -0.05) is 31.4 Å². The smallest absolute Gasteiger partial charge is 0.252 e. The van der Waals surface area contributed by atoms with Crippen molar-refractivity contribution in [1.29, 1.82) is 0 Å². The van der Waals surface area contributed by atoms with E-state index in [1.165, 1.54) is 19.3 Å². The van der Waals surface area contributed by atoms with Crippen molar-refractivity contribution in [3.63, 3.8) is 0 Å². The van der Waals surface area contributed by atoms with E-state index in [-0.39, 0.29) is 5.91 Å². The molecule has 1 aliphatic carbocycles. The molecule has 1 heterocycles. The van der Waals surface area contributed by atoms with E-state index in [2.05, 4.69) is 22.5 Å². The Morgan fingerprint density at radius 2 is 2.25 bits per heavy atom. The van der Waals surface area contributed by atoms with Gasteiger partial charge in [-0.2, -0.15) is 0 Å². The summed E-state index contributed by atoms with van der Waals surface area (Å²) >= 11 is 6.12. The molecule has 1 saturated carbocycles. The van der Waals surface area contributed by atoms with Gasteiger partial charge in [-0.25, -0.2) is 4.98 Å². The number of nitrogens with zero attached hydrogens (tertiary/aromatic N) is 1. The van der Waals surface area contributed by atoms with Gasteiger partial charge < -0.3 is 10.6 Å². The summed E-state index contributed by atoms with van der Waals surface area (Å²) in [6.07, 6.45) is 7.56. The Kier molecular flexibility index (Phi) is 5.65. The Morgan fingerprint density at radius 1 is 1.45 bits per heavy atom. The topological polar surface area (TPSA) is 54.0 Å². The van der Waals surface area contributed by atoms with Gasteiger partial charge in [0.1, 0.15) is 5.82 Å². The third kappa shape index (κ3) is 4.67. The van der Waals surface area contributed by atoms with E-state index in [9.17, 15) is 4.79 Å². The molecule has 1 aromatic rings. The Morgan fingerprint density at radius 3 is 2.90 bits per heavy atom. The van der Waals surface area contributed by atoms with Gasteiger partial charge >= 0.3 is 0 Å². The van der Waals surface area contributed by atoms with E-state index < -0.39 is 0 Å². The summed E-state index contributed by atoms with van der Waals surface area (Å²) in [6, 6.07) is 1.67. The first-order valence-corrected chi connectivity index (χ1v) is 7.76. The van der Waals surface area contributed by atoms with Crippen molar-refractivity contribution < 1.29 is 4.79 Å². The normalized spacial score (nSPS) is 14.1. The molecule has 0 saturated heterocycles. The third-order valence-corrected chi connectivity index (χ3v) is 3.71. The molecule has 4 nitrogen and oxygen atoms in total. The van der Waals surface area contributed by atoms with Crippen LogP contribution < -0.4 is 10.6 Å². The molecule has 0 unspecified atom stereocenters. The summed E-state index contributed by atoms with van der Waals surface area (Å²) in [6.45, 7) is 3.62. The highest BCUT2D eigenvalue weighted by atomic mass is 35.5. The average molecular weight is 296 g/mol. The second-order valence-corrected chi connectivity index (χ2v) is 5.73. The van der Waals surface area contributed by atoms with Crippen molar-refractivity contribution in [2.24, 2.45) is 5.92 Å². The molecule has 2 rings (SSSR count). The van der Waals surface area contributed by atoms with Crippen LogP contribution in [0, 0.1) is 5.92 Å². The summed E-state index contributed by atoms with van der Waals surface area (Å²) in [5, 5.41) is 6.53. The molecule has 0 radical (unpaired) electrons. The van der Waals surface area contributed by atoms with Crippen LogP contribution in [0.5, 0.6) is 0 Å². The van der Waals surface area contributed by atoms with E-state index >= 15 is 0 Å². The van der Waals surface area contributed by atoms with Crippen molar-refractivity contribution in [3.05, 3.63) is 22.8 Å². The van der Waals surface area contributed by atoms with Crippen LogP contribution in [0.25, 0.3) is 0 Å². The van der Waals surface area contributed by atoms with Crippen molar-refractivity contribution in [2.75, 3.05) is 18.4 Å². The minimum Gasteiger partial charge on any atom is -0.369 e. The quantitative estimate of drug-likeness (QED) is 0.722. The summed E-state index contributed by atoms with van der Waals surface area (Å²) in [5.74, 6) is 1.45. The van der Waals surface area contributed by atoms with Crippen LogP contribution in [0.4, 0.5) is 5.82 Å². The SMILES string of the molecule is CCCNc1ncc(C(=O)NCCCC2CC2)cc1Cl. The highest BCUT2D eigenvalue weighted by molar-refractivity contribution is 6.33. The number of rotatable bonds is 8. The van der Waals surface area contributed by atoms with Gasteiger partial charge in [0.05, 0.1) is 10.6 Å². The molecule has 0 spiro atoms. The number of carbonyl (C=O) groups excluding carboxylic acids is 1. The zero-order valence-electron chi connectivity index (χ0n) is 11.9. The maximum absolute atomic E-state index is 12.0. The first-order valence-electron chi connectivity index (χ1n) is 7.38. The minimum absolute atomic E-state index is 0.0998. The molecular weight excluding hydrogens is 274 g/mol. The summed E-state index contributed by atoms with van der Waals surface area (Å²) in [7, 11) is 0. The Bertz CT molecular complexity index is 460. The summed E-state index contributed by atoms with van der Waals surface area (Å²) in [5.41, 5.74) is 0.517. The first kappa shape index (κ1) is 15.1. The molecule has 1 aliphatic rings. The molecule has 0 bridgehead atoms. The number of carbonyl (C=O) groups is 1. The Hall–Kier alpha value is -1.29. The second kappa shape index (κ2) is 7.48. The van der Waals surface area contributed by atoms with E-state index in [0.717, 1.165) is 31.8 Å². The lowest BCUT2D eigenvalue weighted by atomic mass is 10.2. The van der Waals surface area contributed by atoms with Crippen molar-refractivity contribution >= 4 is 23.3 Å². The predicted octanol–water partition coefficient (Wildman–Crippen LogP) is 3.48. The number of nitrogens with one attached hydrogen (secondary N) is 2. The van der Waals surface area contributed by atoms with Gasteiger partial charge in [0, 0.05) is 19.3 Å². The van der Waals surface area contributed by atoms with Gasteiger partial charge in [0.15, 0.2) is 0 Å². The van der Waals surface area contributed by atoms with Crippen molar-refractivity contribution in [3.8, 4) is 0 Å². The monoisotopic (exact) mass is 295 g/mol. The highest BCUT2D eigenvalue weighted by Crippen LogP contribution is 2.33. The molecule has 1 fully saturated rings. The summed E-state index contributed by atoms with van der Waals surface area (Å²) in [4.78, 5) is 16.2. The largest absolute Gasteiger partial charge is 0.369 e. The lowest BCUT2D eigenvalue weighted by Gasteiger charge is -2.08. The third-order valence-electron chi connectivity index (χ3n) is 3.42. The lowest BCUT2D eigenvalue weighted by Crippen LogP contribution is -2.24. The molecule has 5 heteroatoms. The summed E-state index contributed by atoms with van der Waals surface area (Å²) < 4.78 is 0. The number of anilines is 1. The molecule has 0 aliphatic heterocycles. The zero-order chi connectivity index (χ0) is 14.4. The molecule has 0 aromatic carbocycles. The molecule has 1 aromatic heterocycles. The molecule has 1 amide bonds. The first-order chi connectivity index (χ1) is 9.70. The predicted molar refractivity (Wildman–Crippen MR) is 82.3 cm³/mol. The van der Waals surface area contributed by atoms with E-state index in [1.807, 2.05) is 0 Å². The molecule has 2 N–H and O–H groups in total. The maximum atomic E-state index is 12.0. The second-order valence-electron chi connectivity index (χ2n) is 5.32. The minimum atomic E-state index is -0.0998. The van der Waals surface area contributed by atoms with Gasteiger partial charge in [0.2, 0.25) is 0 Å². The standard InChI is InChI=1S/C15H22ClN3O/c1-2-7-17-14-13(16)9-12(10-19-14)15(20)18-8-3-4-11-5-6-11/h9-11H,2-8H2,1H3,(H,17,19)(H,18,20). The van der Waals surface area contributed by atoms with Crippen LogP contribution >= 0.6 is 11.6 Å². The highest BCUT2D eigenvalue weighted by Gasteiger charge is 2.20. The Balaban J connectivity index is 1.80. The fourth-order valence-corrected chi connectivity index (χ4v) is 2.27. The van der Waals surface area contributed by atoms with E-state index in [0.29, 0.717) is 16.4 Å². The van der Waals surface area contributed by atoms with E-state index in [1.54, 1.807) is 12.3 Å². The molecule has 110 valence electrons. The van der Waals surface area contributed by atoms with Crippen LogP contribution in [-0.2, 0) is 0 Å². The van der Waals surface area contributed by atoms with Crippen LogP contribution in [-0.4, -0.2) is 24.0 Å². The van der Waals surface area contributed by atoms with Crippen LogP contribution in [0.3, 0.4) is 0 Å². The van der Waals surface area contributed by atoms with Crippen LogP contribution in [0.1, 0.15) is 49.4 Å². The lowest BCUT2D eigenvalue weighted by molar-refractivity contribution is 0.0952. The van der Waals surface area contributed by atoms with Gasteiger partial charge in [-0.3, -0.25) is 4.79 Å². The van der Waals surface area contributed by atoms with Crippen molar-refractivity contribution in [1.82, 2.24) is 10.3 Å². The number of pyridine rings is 1. The van der Waals surface area contributed by atoms with Crippen LogP contribution in [0.2, 0.25) is 5.02 Å². The number of amides is 1. The van der Waals surface area contributed by atoms with E-state index in [4.69, 9.17) is 11.6 Å². The number of hydrogen-bond acceptors (Lipinski definition) is 3. The molecule has 0 atom stereocenters. The Labute approximate surface area is 125 Å². The number of hydrogen-bond donors (Lipinski definition) is 2. The molecule has 20 heavy (non-hydrogen) atoms. The van der Waals surface area contributed by atoms with Gasteiger partial charge in [-0.15, -0.1) is 0 Å². The number of halogens is 1. The number of aromatic nitrogens is 1. The van der Waals surface area contributed by atoms with Gasteiger partial charge in [0.25, 0.3) is 5.91 Å². The fraction of sp³-hybridized carbons (Fsp3) is 0.600.